The number of carbonyl (C=O) groups excluding carboxylic acids is 2. The second-order valence-electron chi connectivity index (χ2n) is 10.3. The minimum Gasteiger partial charge on any atom is -0.480 e. The van der Waals surface area contributed by atoms with Crippen molar-refractivity contribution in [2.75, 3.05) is 5.32 Å². The van der Waals surface area contributed by atoms with E-state index in [1.165, 1.54) is 18.2 Å². The van der Waals surface area contributed by atoms with Gasteiger partial charge < -0.3 is 19.7 Å². The monoisotopic (exact) mass is 572 g/mol. The number of benzene rings is 3. The number of halogens is 1. The van der Waals surface area contributed by atoms with Crippen molar-refractivity contribution in [1.29, 1.82) is 0 Å². The van der Waals surface area contributed by atoms with Gasteiger partial charge in [0.2, 0.25) is 5.82 Å². The van der Waals surface area contributed by atoms with Crippen LogP contribution in [-0.2, 0) is 16.0 Å². The lowest BCUT2D eigenvalue weighted by atomic mass is 10.0. The highest BCUT2D eigenvalue weighted by molar-refractivity contribution is 5.97. The topological polar surface area (TPSA) is 144 Å². The summed E-state index contributed by atoms with van der Waals surface area (Å²) in [5.74, 6) is -2.40. The molecule has 0 saturated heterocycles. The predicted octanol–water partition coefficient (Wildman–Crippen LogP) is 5.96. The van der Waals surface area contributed by atoms with Crippen LogP contribution < -0.4 is 10.6 Å². The number of ether oxygens (including phenoxy) is 1. The van der Waals surface area contributed by atoms with Gasteiger partial charge in [0.1, 0.15) is 17.5 Å². The molecule has 4 rings (SSSR count). The fourth-order valence-corrected chi connectivity index (χ4v) is 3.92. The molecule has 11 heteroatoms. The van der Waals surface area contributed by atoms with Crippen LogP contribution in [0, 0.1) is 5.82 Å². The number of nitrogens with one attached hydrogen (secondary N) is 2. The number of anilines is 1. The maximum Gasteiger partial charge on any atom is 0.412 e. The number of carboxylic acid groups (broad SMARTS) is 1. The van der Waals surface area contributed by atoms with E-state index in [0.29, 0.717) is 22.4 Å². The molecule has 1 aromatic heterocycles. The van der Waals surface area contributed by atoms with Crippen molar-refractivity contribution >= 4 is 29.7 Å². The van der Waals surface area contributed by atoms with E-state index in [-0.39, 0.29) is 29.3 Å². The summed E-state index contributed by atoms with van der Waals surface area (Å²) in [6, 6.07) is 16.0. The molecule has 0 bridgehead atoms. The number of carboxylic acids is 1. The molecule has 42 heavy (non-hydrogen) atoms. The predicted molar refractivity (Wildman–Crippen MR) is 154 cm³/mol. The maximum absolute atomic E-state index is 15.1. The lowest BCUT2D eigenvalue weighted by molar-refractivity contribution is -0.139. The molecule has 2 amide bonds. The van der Waals surface area contributed by atoms with Gasteiger partial charge in [-0.2, -0.15) is 4.98 Å². The highest BCUT2D eigenvalue weighted by atomic mass is 19.1. The molecule has 0 aliphatic rings. The number of rotatable bonds is 9. The number of hydrogen-bond donors (Lipinski definition) is 3. The Balaban J connectivity index is 1.43. The molecular formula is C31H29FN4O6. The second kappa shape index (κ2) is 12.5. The summed E-state index contributed by atoms with van der Waals surface area (Å²) < 4.78 is 25.6. The first-order valence-corrected chi connectivity index (χ1v) is 12.9. The lowest BCUT2D eigenvalue weighted by Crippen LogP contribution is -2.42. The van der Waals surface area contributed by atoms with Crippen molar-refractivity contribution in [3.63, 3.8) is 0 Å². The molecule has 1 unspecified atom stereocenters. The van der Waals surface area contributed by atoms with Gasteiger partial charge in [-0.3, -0.25) is 10.1 Å². The molecule has 0 aliphatic carbocycles. The molecule has 0 saturated carbocycles. The third-order valence-corrected chi connectivity index (χ3v) is 5.91. The molecule has 3 N–H and O–H groups in total. The van der Waals surface area contributed by atoms with E-state index in [1.54, 1.807) is 75.4 Å². The molecule has 0 spiro atoms. The normalized spacial score (nSPS) is 11.8. The van der Waals surface area contributed by atoms with E-state index >= 15 is 4.39 Å². The fourth-order valence-electron chi connectivity index (χ4n) is 3.92. The van der Waals surface area contributed by atoms with Gasteiger partial charge in [0, 0.05) is 23.2 Å². The van der Waals surface area contributed by atoms with Crippen molar-refractivity contribution in [3.8, 4) is 22.8 Å². The van der Waals surface area contributed by atoms with Crippen molar-refractivity contribution in [2.24, 2.45) is 0 Å². The van der Waals surface area contributed by atoms with Crippen LogP contribution in [0.15, 0.2) is 77.8 Å². The van der Waals surface area contributed by atoms with Crippen molar-refractivity contribution < 1.29 is 33.1 Å². The Morgan fingerprint density at radius 1 is 1.10 bits per heavy atom. The van der Waals surface area contributed by atoms with Crippen LogP contribution in [0.3, 0.4) is 0 Å². The molecule has 0 aliphatic heterocycles. The van der Waals surface area contributed by atoms with Gasteiger partial charge in [0.05, 0.1) is 5.56 Å². The Labute approximate surface area is 241 Å². The maximum atomic E-state index is 15.1. The highest BCUT2D eigenvalue weighted by Crippen LogP contribution is 2.26. The largest absolute Gasteiger partial charge is 0.480 e. The first kappa shape index (κ1) is 29.7. The summed E-state index contributed by atoms with van der Waals surface area (Å²) in [7, 11) is 0. The smallest absolute Gasteiger partial charge is 0.412 e. The van der Waals surface area contributed by atoms with E-state index < -0.39 is 35.4 Å². The Morgan fingerprint density at radius 2 is 1.83 bits per heavy atom. The van der Waals surface area contributed by atoms with Crippen LogP contribution in [-0.4, -0.2) is 44.9 Å². The van der Waals surface area contributed by atoms with Crippen LogP contribution in [0.4, 0.5) is 14.9 Å². The third-order valence-electron chi connectivity index (χ3n) is 5.91. The minimum atomic E-state index is -1.29. The molecule has 10 nitrogen and oxygen atoms in total. The standard InChI is InChI=1S/C31H29FN4O6/c1-5-18-7-6-8-21(15-18)27(37)34-25(29(38)39)17-19-9-14-23(24(32)16-19)26-35-28(42-36-26)20-10-12-22(13-11-20)33-30(40)41-31(2,3)4/h5-16,25H,1,17H2,2-4H3,(H,33,40)(H,34,37)(H,38,39). The van der Waals surface area contributed by atoms with E-state index in [0.717, 1.165) is 0 Å². The molecule has 0 radical (unpaired) electrons. The van der Waals surface area contributed by atoms with Crippen LogP contribution in [0.1, 0.15) is 42.3 Å². The average molecular weight is 573 g/mol. The van der Waals surface area contributed by atoms with E-state index in [1.807, 2.05) is 0 Å². The summed E-state index contributed by atoms with van der Waals surface area (Å²) >= 11 is 0. The third kappa shape index (κ3) is 7.66. The number of nitrogens with zero attached hydrogens (tertiary/aromatic N) is 2. The van der Waals surface area contributed by atoms with Crippen molar-refractivity contribution in [3.05, 3.63) is 95.8 Å². The molecule has 4 aromatic rings. The summed E-state index contributed by atoms with van der Waals surface area (Å²) in [6.07, 6.45) is 0.829. The molecule has 3 aromatic carbocycles. The zero-order valence-corrected chi connectivity index (χ0v) is 23.2. The van der Waals surface area contributed by atoms with Crippen molar-refractivity contribution in [1.82, 2.24) is 15.5 Å². The highest BCUT2D eigenvalue weighted by Gasteiger charge is 2.23. The zero-order chi connectivity index (χ0) is 30.4. The summed E-state index contributed by atoms with van der Waals surface area (Å²) in [5, 5.41) is 18.6. The van der Waals surface area contributed by atoms with Gasteiger partial charge in [-0.05, 0) is 80.4 Å². The Bertz CT molecular complexity index is 1630. The summed E-state index contributed by atoms with van der Waals surface area (Å²) in [6.45, 7) is 8.94. The Morgan fingerprint density at radius 3 is 2.48 bits per heavy atom. The van der Waals surface area contributed by atoms with Crippen LogP contribution >= 0.6 is 0 Å². The van der Waals surface area contributed by atoms with Crippen LogP contribution in [0.25, 0.3) is 28.9 Å². The van der Waals surface area contributed by atoms with Gasteiger partial charge in [0.25, 0.3) is 11.8 Å². The molecule has 216 valence electrons. The Hall–Kier alpha value is -5.32. The quantitative estimate of drug-likeness (QED) is 0.223. The van der Waals surface area contributed by atoms with E-state index in [2.05, 4.69) is 27.4 Å². The zero-order valence-electron chi connectivity index (χ0n) is 23.2. The van der Waals surface area contributed by atoms with Crippen LogP contribution in [0.2, 0.25) is 0 Å². The summed E-state index contributed by atoms with van der Waals surface area (Å²) in [5.41, 5.74) is 1.79. The van der Waals surface area contributed by atoms with Gasteiger partial charge >= 0.3 is 12.1 Å². The molecule has 0 fully saturated rings. The van der Waals surface area contributed by atoms with Gasteiger partial charge in [-0.15, -0.1) is 0 Å². The van der Waals surface area contributed by atoms with Crippen molar-refractivity contribution in [2.45, 2.75) is 38.8 Å². The first-order chi connectivity index (χ1) is 19.9. The fraction of sp³-hybridized carbons (Fsp3) is 0.194. The van der Waals surface area contributed by atoms with Gasteiger partial charge in [-0.25, -0.2) is 14.0 Å². The van der Waals surface area contributed by atoms with E-state index in [9.17, 15) is 19.5 Å². The molecule has 1 heterocycles. The number of carbonyl (C=O) groups is 3. The first-order valence-electron chi connectivity index (χ1n) is 12.9. The number of aliphatic carboxylic acids is 1. The number of amides is 2. The number of hydrogen-bond acceptors (Lipinski definition) is 7. The van der Waals surface area contributed by atoms with Gasteiger partial charge in [-0.1, -0.05) is 36.0 Å². The lowest BCUT2D eigenvalue weighted by Gasteiger charge is -2.19. The van der Waals surface area contributed by atoms with E-state index in [4.69, 9.17) is 9.26 Å². The van der Waals surface area contributed by atoms with Crippen LogP contribution in [0.5, 0.6) is 0 Å². The second-order valence-corrected chi connectivity index (χ2v) is 10.3. The Kier molecular flexibility index (Phi) is 8.80. The van der Waals surface area contributed by atoms with Gasteiger partial charge in [0.15, 0.2) is 0 Å². The molecule has 1 atom stereocenters. The minimum absolute atomic E-state index is 0.00445. The SMILES string of the molecule is C=Cc1cccc(C(=O)NC(Cc2ccc(-c3noc(-c4ccc(NC(=O)OC(C)(C)C)cc4)n3)c(F)c2)C(=O)O)c1. The number of aromatic nitrogens is 2. The average Bonchev–Trinajstić information content (AvgIpc) is 3.42. The molecular weight excluding hydrogens is 543 g/mol. The summed E-state index contributed by atoms with van der Waals surface area (Å²) in [4.78, 5) is 40.7.